The molecule has 0 saturated carbocycles. The molecule has 2 aromatic carbocycles. The number of benzene rings is 2. The number of aldehydes is 1. The maximum Gasteiger partial charge on any atom is 0.153 e. The molecule has 2 aromatic rings. The molecule has 0 aliphatic heterocycles. The van der Waals surface area contributed by atoms with Gasteiger partial charge in [-0.25, -0.2) is 0 Å². The van der Waals surface area contributed by atoms with Crippen molar-refractivity contribution in [1.29, 1.82) is 0 Å². The standard InChI is InChI=1S/C20H24O2S/c1-20(2,3)18-12-16(11-17(13-21)19(18)22)14-23-10-9-15-7-5-4-6-8-15/h4-8,11-13,22H,9-10,14H2,1-3H3. The van der Waals surface area contributed by atoms with Crippen molar-refractivity contribution in [2.45, 2.75) is 38.4 Å². The van der Waals surface area contributed by atoms with Gasteiger partial charge in [0, 0.05) is 11.3 Å². The van der Waals surface area contributed by atoms with Crippen LogP contribution in [0, 0.1) is 0 Å². The second kappa shape index (κ2) is 7.69. The van der Waals surface area contributed by atoms with E-state index in [4.69, 9.17) is 0 Å². The first-order valence-electron chi connectivity index (χ1n) is 7.85. The van der Waals surface area contributed by atoms with Crippen LogP contribution in [0.1, 0.15) is 47.8 Å². The third-order valence-corrected chi connectivity index (χ3v) is 4.81. The summed E-state index contributed by atoms with van der Waals surface area (Å²) in [6.07, 6.45) is 1.78. The van der Waals surface area contributed by atoms with Crippen LogP contribution in [0.25, 0.3) is 0 Å². The lowest BCUT2D eigenvalue weighted by molar-refractivity contribution is 0.112. The molecule has 2 nitrogen and oxygen atoms in total. The number of rotatable bonds is 6. The molecule has 0 aromatic heterocycles. The summed E-state index contributed by atoms with van der Waals surface area (Å²) in [4.78, 5) is 11.2. The Labute approximate surface area is 142 Å². The molecule has 0 heterocycles. The van der Waals surface area contributed by atoms with Crippen LogP contribution in [-0.4, -0.2) is 17.1 Å². The fraction of sp³-hybridized carbons (Fsp3) is 0.350. The number of hydrogen-bond donors (Lipinski definition) is 1. The molecule has 0 spiro atoms. The third-order valence-electron chi connectivity index (χ3n) is 3.78. The predicted octanol–water partition coefficient (Wildman–Crippen LogP) is 4.98. The largest absolute Gasteiger partial charge is 0.507 e. The zero-order valence-electron chi connectivity index (χ0n) is 14.0. The monoisotopic (exact) mass is 328 g/mol. The van der Waals surface area contributed by atoms with Crippen molar-refractivity contribution in [2.75, 3.05) is 5.75 Å². The Hall–Kier alpha value is -1.74. The summed E-state index contributed by atoms with van der Waals surface area (Å²) in [6.45, 7) is 6.13. The van der Waals surface area contributed by atoms with E-state index in [0.717, 1.165) is 35.3 Å². The van der Waals surface area contributed by atoms with E-state index in [0.29, 0.717) is 5.56 Å². The van der Waals surface area contributed by atoms with Crippen molar-refractivity contribution in [3.63, 3.8) is 0 Å². The van der Waals surface area contributed by atoms with Gasteiger partial charge in [-0.3, -0.25) is 4.79 Å². The Morgan fingerprint density at radius 2 is 1.78 bits per heavy atom. The molecule has 3 heteroatoms. The lowest BCUT2D eigenvalue weighted by Crippen LogP contribution is -2.12. The first-order chi connectivity index (χ1) is 10.9. The number of aryl methyl sites for hydroxylation is 1. The second-order valence-electron chi connectivity index (χ2n) is 6.74. The summed E-state index contributed by atoms with van der Waals surface area (Å²) in [5.41, 5.74) is 3.46. The van der Waals surface area contributed by atoms with E-state index < -0.39 is 0 Å². The van der Waals surface area contributed by atoms with E-state index >= 15 is 0 Å². The predicted molar refractivity (Wildman–Crippen MR) is 98.5 cm³/mol. The van der Waals surface area contributed by atoms with Crippen molar-refractivity contribution in [2.24, 2.45) is 0 Å². The van der Waals surface area contributed by atoms with Gasteiger partial charge in [0.15, 0.2) is 6.29 Å². The van der Waals surface area contributed by atoms with Crippen molar-refractivity contribution in [3.05, 3.63) is 64.7 Å². The molecule has 0 saturated heterocycles. The summed E-state index contributed by atoms with van der Waals surface area (Å²) >= 11 is 1.85. The smallest absolute Gasteiger partial charge is 0.153 e. The average molecular weight is 328 g/mol. The summed E-state index contributed by atoms with van der Waals surface area (Å²) in [5, 5.41) is 10.2. The van der Waals surface area contributed by atoms with Gasteiger partial charge in [-0.2, -0.15) is 11.8 Å². The molecule has 0 aliphatic carbocycles. The van der Waals surface area contributed by atoms with Gasteiger partial charge in [0.05, 0.1) is 5.56 Å². The number of phenols is 1. The van der Waals surface area contributed by atoms with Gasteiger partial charge < -0.3 is 5.11 Å². The minimum Gasteiger partial charge on any atom is -0.507 e. The minimum absolute atomic E-state index is 0.116. The highest BCUT2D eigenvalue weighted by Gasteiger charge is 2.21. The van der Waals surface area contributed by atoms with Gasteiger partial charge in [0.2, 0.25) is 0 Å². The van der Waals surface area contributed by atoms with Gasteiger partial charge in [-0.1, -0.05) is 57.2 Å². The first kappa shape index (κ1) is 17.6. The highest BCUT2D eigenvalue weighted by molar-refractivity contribution is 7.98. The Morgan fingerprint density at radius 3 is 2.39 bits per heavy atom. The topological polar surface area (TPSA) is 37.3 Å². The summed E-state index contributed by atoms with van der Waals surface area (Å²) < 4.78 is 0. The van der Waals surface area contributed by atoms with Crippen LogP contribution < -0.4 is 0 Å². The van der Waals surface area contributed by atoms with Crippen LogP contribution >= 0.6 is 11.8 Å². The van der Waals surface area contributed by atoms with Crippen molar-refractivity contribution in [3.8, 4) is 5.75 Å². The van der Waals surface area contributed by atoms with Crippen LogP contribution in [0.4, 0.5) is 0 Å². The van der Waals surface area contributed by atoms with Gasteiger partial charge in [-0.05, 0) is 34.8 Å². The molecule has 23 heavy (non-hydrogen) atoms. The number of thioether (sulfide) groups is 1. The quantitative estimate of drug-likeness (QED) is 0.600. The fourth-order valence-electron chi connectivity index (χ4n) is 2.49. The molecule has 1 N–H and O–H groups in total. The number of hydrogen-bond acceptors (Lipinski definition) is 3. The van der Waals surface area contributed by atoms with E-state index in [1.165, 1.54) is 5.56 Å². The highest BCUT2D eigenvalue weighted by atomic mass is 32.2. The maximum atomic E-state index is 11.2. The molecule has 0 bridgehead atoms. The zero-order valence-corrected chi connectivity index (χ0v) is 14.8. The van der Waals surface area contributed by atoms with Crippen molar-refractivity contribution in [1.82, 2.24) is 0 Å². The van der Waals surface area contributed by atoms with Gasteiger partial charge in [0.25, 0.3) is 0 Å². The fourth-order valence-corrected chi connectivity index (χ4v) is 3.42. The molecule has 0 aliphatic rings. The van der Waals surface area contributed by atoms with E-state index in [2.05, 4.69) is 24.3 Å². The van der Waals surface area contributed by atoms with Crippen LogP contribution in [0.15, 0.2) is 42.5 Å². The number of carbonyl (C=O) groups is 1. The van der Waals surface area contributed by atoms with Crippen molar-refractivity contribution < 1.29 is 9.90 Å². The van der Waals surface area contributed by atoms with Gasteiger partial charge >= 0.3 is 0 Å². The zero-order chi connectivity index (χ0) is 16.9. The lowest BCUT2D eigenvalue weighted by Gasteiger charge is -2.22. The average Bonchev–Trinajstić information content (AvgIpc) is 2.52. The molecular weight excluding hydrogens is 304 g/mol. The molecule has 122 valence electrons. The van der Waals surface area contributed by atoms with Crippen LogP contribution in [0.5, 0.6) is 5.75 Å². The molecule has 2 rings (SSSR count). The minimum atomic E-state index is -0.188. The Morgan fingerprint density at radius 1 is 1.09 bits per heavy atom. The molecule has 0 atom stereocenters. The van der Waals surface area contributed by atoms with E-state index in [-0.39, 0.29) is 11.2 Å². The molecule has 0 radical (unpaired) electrons. The Kier molecular flexibility index (Phi) is 5.89. The third kappa shape index (κ3) is 4.87. The number of phenolic OH excluding ortho intramolecular Hbond substituents is 1. The number of aromatic hydroxyl groups is 1. The van der Waals surface area contributed by atoms with Crippen LogP contribution in [0.2, 0.25) is 0 Å². The molecule has 0 amide bonds. The Bertz CT molecular complexity index is 657. The normalized spacial score (nSPS) is 11.4. The molecule has 0 fully saturated rings. The molecular formula is C20H24O2S. The Balaban J connectivity index is 2.03. The first-order valence-corrected chi connectivity index (χ1v) is 9.00. The van der Waals surface area contributed by atoms with Gasteiger partial charge in [0.1, 0.15) is 5.75 Å². The van der Waals surface area contributed by atoms with Gasteiger partial charge in [-0.15, -0.1) is 0 Å². The summed E-state index contributed by atoms with van der Waals surface area (Å²) in [7, 11) is 0. The van der Waals surface area contributed by atoms with Crippen LogP contribution in [-0.2, 0) is 17.6 Å². The van der Waals surface area contributed by atoms with E-state index in [1.54, 1.807) is 6.07 Å². The summed E-state index contributed by atoms with van der Waals surface area (Å²) in [6, 6.07) is 14.3. The number of carbonyl (C=O) groups excluding carboxylic acids is 1. The van der Waals surface area contributed by atoms with E-state index in [1.807, 2.05) is 44.7 Å². The second-order valence-corrected chi connectivity index (χ2v) is 7.84. The SMILES string of the molecule is CC(C)(C)c1cc(CSCCc2ccccc2)cc(C=O)c1O. The van der Waals surface area contributed by atoms with Crippen LogP contribution in [0.3, 0.4) is 0 Å². The van der Waals surface area contributed by atoms with E-state index in [9.17, 15) is 9.90 Å². The van der Waals surface area contributed by atoms with Crippen molar-refractivity contribution >= 4 is 18.0 Å². The highest BCUT2D eigenvalue weighted by Crippen LogP contribution is 2.34. The lowest BCUT2D eigenvalue weighted by atomic mass is 9.84. The maximum absolute atomic E-state index is 11.2. The summed E-state index contributed by atoms with van der Waals surface area (Å²) in [5.74, 6) is 1.99. The molecule has 0 unspecified atom stereocenters.